The summed E-state index contributed by atoms with van der Waals surface area (Å²) >= 11 is 17.5. The summed E-state index contributed by atoms with van der Waals surface area (Å²) in [5.74, 6) is 0. The minimum Gasteiger partial charge on any atom is -0.143 e. The van der Waals surface area contributed by atoms with Crippen molar-refractivity contribution in [3.63, 3.8) is 0 Å². The van der Waals surface area contributed by atoms with Crippen LogP contribution in [0.15, 0.2) is 180 Å². The highest BCUT2D eigenvalue weighted by Crippen LogP contribution is 2.72. The molecule has 0 spiro atoms. The third-order valence-electron chi connectivity index (χ3n) is 24.6. The molecule has 0 fully saturated rings. The average molecular weight is 1590 g/mol. The predicted octanol–water partition coefficient (Wildman–Crippen LogP) is 35.9. The Kier molecular flexibility index (Phi) is 24.4. The summed E-state index contributed by atoms with van der Waals surface area (Å²) in [5, 5.41) is 6.65. The van der Waals surface area contributed by atoms with Crippen LogP contribution in [0.4, 0.5) is 0 Å². The summed E-state index contributed by atoms with van der Waals surface area (Å²) in [7, 11) is 0. The van der Waals surface area contributed by atoms with Gasteiger partial charge in [-0.1, -0.05) is 250 Å². The van der Waals surface area contributed by atoms with Gasteiger partial charge in [0.15, 0.2) is 0 Å². The first-order valence-electron chi connectivity index (χ1n) is 41.7. The maximum Gasteiger partial charge on any atom is 0.0449 e. The smallest absolute Gasteiger partial charge is 0.0449 e. The van der Waals surface area contributed by atoms with Gasteiger partial charge in [0.1, 0.15) is 0 Å². The summed E-state index contributed by atoms with van der Waals surface area (Å²) in [5.41, 5.74) is 23.5. The van der Waals surface area contributed by atoms with Gasteiger partial charge in [0.05, 0.1) is 0 Å². The maximum atomic E-state index is 2.83. The van der Waals surface area contributed by atoms with E-state index in [-0.39, 0.29) is 16.2 Å². The second-order valence-electron chi connectivity index (χ2n) is 31.6. The van der Waals surface area contributed by atoms with Crippen molar-refractivity contribution in [2.45, 2.75) is 250 Å². The molecule has 13 aromatic rings. The zero-order valence-corrected chi connectivity index (χ0v) is 72.1. The van der Waals surface area contributed by atoms with Gasteiger partial charge >= 0.3 is 0 Å². The van der Waals surface area contributed by atoms with E-state index in [9.17, 15) is 0 Å². The zero-order valence-electron chi connectivity index (χ0n) is 64.7. The average Bonchev–Trinajstić information content (AvgIpc) is 1.48. The van der Waals surface area contributed by atoms with Gasteiger partial charge in [-0.25, -0.2) is 0 Å². The van der Waals surface area contributed by atoms with Crippen molar-refractivity contribution in [1.29, 1.82) is 0 Å². The molecule has 0 nitrogen and oxygen atoms in total. The van der Waals surface area contributed by atoms with Crippen LogP contribution in [0.1, 0.15) is 268 Å². The maximum absolute atomic E-state index is 2.83. The van der Waals surface area contributed by atoms with E-state index in [4.69, 9.17) is 0 Å². The van der Waals surface area contributed by atoms with Crippen LogP contribution in [-0.4, -0.2) is 0 Å². The molecule has 9 heteroatoms. The Morgan fingerprint density at radius 2 is 0.426 bits per heavy atom. The minimum atomic E-state index is -0.183. The van der Waals surface area contributed by atoms with Crippen molar-refractivity contribution < 1.29 is 0 Å². The molecule has 0 atom stereocenters. The van der Waals surface area contributed by atoms with Crippen LogP contribution in [0.5, 0.6) is 0 Å². The molecule has 0 N–H and O–H groups in total. The fourth-order valence-electron chi connectivity index (χ4n) is 19.4. The van der Waals surface area contributed by atoms with Crippen LogP contribution in [0.2, 0.25) is 0 Å². The molecule has 3 aliphatic rings. The first-order valence-corrected chi connectivity index (χ1v) is 49.2. The quantitative estimate of drug-likeness (QED) is 0.0337. The molecule has 0 bridgehead atoms. The number of hydrogen-bond donors (Lipinski definition) is 0. The van der Waals surface area contributed by atoms with Crippen molar-refractivity contribution in [3.05, 3.63) is 213 Å². The molecule has 4 aromatic carbocycles. The standard InChI is InChI=1S/C99H108S9/c1-7-13-19-25-55-97(56-26-20-14-8-2)73-40-37-67(76-43-46-85(103-76)88-52-49-82(106-88)79-34-31-61-100-79)64-70(73)91-94(97)92-71-65-68(77-44-47-86(104-77)89-53-50-83(107-89)80-35-32-62-101-80)38-41-74(71)98(57-27-21-15-9-3,58-28-22-16-10-4)96(92)93-72-66-69(78-45-48-87(105-78)90-54-51-84(108-90)81-36-33-63-102-81)39-42-75(72)99(95(91)93,59-29-23-17-11-5)60-30-24-18-12-6/h31-54,61-66H,7-30,55-60H2,1-6H3. The lowest BCUT2D eigenvalue weighted by molar-refractivity contribution is 0.389. The number of hydrogen-bond acceptors (Lipinski definition) is 9. The van der Waals surface area contributed by atoms with Gasteiger partial charge in [-0.15, -0.1) is 102 Å². The molecule has 0 unspecified atom stereocenters. The van der Waals surface area contributed by atoms with Crippen molar-refractivity contribution in [2.75, 3.05) is 0 Å². The van der Waals surface area contributed by atoms with E-state index in [1.165, 1.54) is 282 Å². The number of benzene rings is 4. The van der Waals surface area contributed by atoms with Gasteiger partial charge in [0.2, 0.25) is 0 Å². The van der Waals surface area contributed by atoms with E-state index < -0.39 is 0 Å². The van der Waals surface area contributed by atoms with Crippen molar-refractivity contribution in [2.24, 2.45) is 0 Å². The molecule has 9 heterocycles. The Morgan fingerprint density at radius 1 is 0.213 bits per heavy atom. The largest absolute Gasteiger partial charge is 0.143 e. The lowest BCUT2D eigenvalue weighted by Crippen LogP contribution is -2.31. The van der Waals surface area contributed by atoms with E-state index >= 15 is 0 Å². The van der Waals surface area contributed by atoms with E-state index in [2.05, 4.69) is 221 Å². The second kappa shape index (κ2) is 34.7. The van der Waals surface area contributed by atoms with Crippen LogP contribution in [0.3, 0.4) is 0 Å². The topological polar surface area (TPSA) is 0 Å². The lowest BCUT2D eigenvalue weighted by Gasteiger charge is -2.39. The van der Waals surface area contributed by atoms with Crippen LogP contribution in [0.25, 0.3) is 123 Å². The molecule has 0 amide bonds. The van der Waals surface area contributed by atoms with Crippen molar-refractivity contribution in [1.82, 2.24) is 0 Å². The molecule has 108 heavy (non-hydrogen) atoms. The number of fused-ring (bicyclic) bond motifs is 12. The van der Waals surface area contributed by atoms with Crippen LogP contribution >= 0.6 is 102 Å². The highest BCUT2D eigenvalue weighted by atomic mass is 32.1. The number of thiophene rings is 9. The van der Waals surface area contributed by atoms with Gasteiger partial charge in [0, 0.05) is 89.4 Å². The van der Waals surface area contributed by atoms with Crippen molar-refractivity contribution >= 4 is 102 Å². The minimum absolute atomic E-state index is 0.183. The van der Waals surface area contributed by atoms with E-state index in [1.807, 2.05) is 102 Å². The molecule has 0 saturated carbocycles. The van der Waals surface area contributed by atoms with E-state index in [1.54, 1.807) is 66.8 Å². The summed E-state index contributed by atoms with van der Waals surface area (Å²) in [6, 6.07) is 67.1. The second-order valence-corrected chi connectivity index (χ2v) is 40.9. The third-order valence-corrected chi connectivity index (χ3v) is 35.0. The molecular formula is C99H108S9. The fourth-order valence-corrected chi connectivity index (χ4v) is 28.2. The van der Waals surface area contributed by atoms with Crippen LogP contribution in [-0.2, 0) is 16.2 Å². The van der Waals surface area contributed by atoms with Gasteiger partial charge in [0.25, 0.3) is 0 Å². The van der Waals surface area contributed by atoms with Crippen molar-refractivity contribution in [3.8, 4) is 123 Å². The molecule has 16 rings (SSSR count). The van der Waals surface area contributed by atoms with Gasteiger partial charge < -0.3 is 0 Å². The Morgan fingerprint density at radius 3 is 0.639 bits per heavy atom. The molecule has 3 aliphatic carbocycles. The van der Waals surface area contributed by atoms with Crippen LogP contribution in [0, 0.1) is 0 Å². The van der Waals surface area contributed by atoms with Gasteiger partial charge in [-0.2, -0.15) is 0 Å². The fraction of sp³-hybridized carbons (Fsp3) is 0.394. The molecule has 0 aliphatic heterocycles. The molecule has 558 valence electrons. The summed E-state index contributed by atoms with van der Waals surface area (Å²) < 4.78 is 0. The summed E-state index contributed by atoms with van der Waals surface area (Å²) in [6.07, 6.45) is 37.4. The van der Waals surface area contributed by atoms with Crippen LogP contribution < -0.4 is 0 Å². The Balaban J connectivity index is 1.01. The summed E-state index contributed by atoms with van der Waals surface area (Å²) in [4.78, 5) is 20.6. The molecule has 9 aromatic heterocycles. The third kappa shape index (κ3) is 14.8. The first kappa shape index (κ1) is 76.2. The Labute approximate surface area is 682 Å². The SMILES string of the molecule is CCCCCCC1(CCCCCC)c2ccc(-c3ccc(-c4ccc(-c5cccs5)s4)s3)cc2-c2c1c1c(c3c2C(CCCCCC)(CCCCCC)c2ccc(-c4ccc(-c5ccc(-c6cccs6)s5)s4)cc2-3)C(CCCCCC)(CCCCCC)c2ccc(-c3ccc(-c4ccc(-c5cccs5)s4)s3)cc2-1. The highest BCUT2D eigenvalue weighted by Gasteiger charge is 2.58. The lowest BCUT2D eigenvalue weighted by atomic mass is 9.63. The highest BCUT2D eigenvalue weighted by molar-refractivity contribution is 7.28. The number of rotatable bonds is 39. The summed E-state index contributed by atoms with van der Waals surface area (Å²) in [6.45, 7) is 14.6. The zero-order chi connectivity index (χ0) is 73.6. The van der Waals surface area contributed by atoms with E-state index in [0.717, 1.165) is 0 Å². The van der Waals surface area contributed by atoms with Gasteiger partial charge in [-0.3, -0.25) is 0 Å². The monoisotopic (exact) mass is 1580 g/mol. The Bertz CT molecular complexity index is 4550. The molecule has 0 saturated heterocycles. The first-order chi connectivity index (χ1) is 53.2. The molecular weight excluding hydrogens is 1480 g/mol. The molecule has 0 radical (unpaired) electrons. The predicted molar refractivity (Wildman–Crippen MR) is 487 cm³/mol. The van der Waals surface area contributed by atoms with Gasteiger partial charge in [-0.05, 0) is 247 Å². The normalized spacial score (nSPS) is 14.1. The van der Waals surface area contributed by atoms with E-state index in [0.29, 0.717) is 0 Å². The number of unbranched alkanes of at least 4 members (excludes halogenated alkanes) is 18. The Hall–Kier alpha value is -5.82.